The highest BCUT2D eigenvalue weighted by molar-refractivity contribution is 7.89. The molecule has 0 aliphatic carbocycles. The molecule has 0 aromatic heterocycles. The maximum Gasteiger partial charge on any atom is 0.243 e. The van der Waals surface area contributed by atoms with Crippen molar-refractivity contribution in [1.29, 1.82) is 0 Å². The first-order valence-electron chi connectivity index (χ1n) is 9.34. The molecule has 1 amide bonds. The van der Waals surface area contributed by atoms with Crippen LogP contribution in [0.4, 0.5) is 0 Å². The zero-order valence-electron chi connectivity index (χ0n) is 16.5. The lowest BCUT2D eigenvalue weighted by Crippen LogP contribution is -2.38. The smallest absolute Gasteiger partial charge is 0.243 e. The number of nitrogens with one attached hydrogen (secondary N) is 1. The summed E-state index contributed by atoms with van der Waals surface area (Å²) in [7, 11) is -2.38. The van der Waals surface area contributed by atoms with E-state index in [1.807, 2.05) is 55.5 Å². The van der Waals surface area contributed by atoms with E-state index in [0.717, 1.165) is 20.6 Å². The van der Waals surface area contributed by atoms with Crippen LogP contribution in [0.2, 0.25) is 0 Å². The predicted octanol–water partition coefficient (Wildman–Crippen LogP) is 3.18. The second kappa shape index (κ2) is 9.07. The average molecular weight is 413 g/mol. The van der Waals surface area contributed by atoms with E-state index < -0.39 is 10.0 Å². The third-order valence-corrected chi connectivity index (χ3v) is 6.34. The maximum atomic E-state index is 12.9. The van der Waals surface area contributed by atoms with Crippen LogP contribution in [0.15, 0.2) is 71.6 Å². The van der Waals surface area contributed by atoms with Gasteiger partial charge in [-0.3, -0.25) is 4.79 Å². The van der Waals surface area contributed by atoms with Gasteiger partial charge in [-0.15, -0.1) is 0 Å². The first-order valence-corrected chi connectivity index (χ1v) is 10.8. The minimum absolute atomic E-state index is 0.160. The van der Waals surface area contributed by atoms with Crippen molar-refractivity contribution in [3.63, 3.8) is 0 Å². The van der Waals surface area contributed by atoms with Crippen LogP contribution in [0.25, 0.3) is 10.8 Å². The van der Waals surface area contributed by atoms with Crippen molar-refractivity contribution in [1.82, 2.24) is 9.62 Å². The second-order valence-corrected chi connectivity index (χ2v) is 8.63. The highest BCUT2D eigenvalue weighted by Gasteiger charge is 2.23. The normalized spacial score (nSPS) is 11.6. The molecule has 3 rings (SSSR count). The summed E-state index contributed by atoms with van der Waals surface area (Å²) in [5.74, 6) is 0.315. The third-order valence-electron chi connectivity index (χ3n) is 4.54. The fourth-order valence-electron chi connectivity index (χ4n) is 2.99. The highest BCUT2D eigenvalue weighted by atomic mass is 32.2. The van der Waals surface area contributed by atoms with E-state index in [2.05, 4.69) is 5.32 Å². The summed E-state index contributed by atoms with van der Waals surface area (Å²) in [5, 5.41) is 4.55. The van der Waals surface area contributed by atoms with Gasteiger partial charge in [0, 0.05) is 19.2 Å². The Morgan fingerprint density at radius 1 is 1.00 bits per heavy atom. The number of ether oxygens (including phenoxy) is 1. The number of benzene rings is 3. The van der Waals surface area contributed by atoms with E-state index in [-0.39, 0.29) is 23.9 Å². The number of hydrogen-bond acceptors (Lipinski definition) is 4. The van der Waals surface area contributed by atoms with Crippen molar-refractivity contribution in [2.75, 3.05) is 20.2 Å². The summed E-state index contributed by atoms with van der Waals surface area (Å²) in [6.45, 7) is 2.41. The largest absolute Gasteiger partial charge is 0.494 e. The Kier molecular flexibility index (Phi) is 6.51. The Hall–Kier alpha value is -2.90. The molecule has 0 bridgehead atoms. The van der Waals surface area contributed by atoms with Crippen molar-refractivity contribution < 1.29 is 17.9 Å². The molecule has 6 nitrogen and oxygen atoms in total. The molecular formula is C22H24N2O4S. The molecule has 1 N–H and O–H groups in total. The summed E-state index contributed by atoms with van der Waals surface area (Å²) in [5.41, 5.74) is 0.836. The minimum Gasteiger partial charge on any atom is -0.494 e. The zero-order valence-corrected chi connectivity index (χ0v) is 17.3. The van der Waals surface area contributed by atoms with Crippen molar-refractivity contribution in [2.45, 2.75) is 18.4 Å². The van der Waals surface area contributed by atoms with E-state index in [1.54, 1.807) is 18.2 Å². The number of fused-ring (bicyclic) bond motifs is 1. The number of rotatable bonds is 8. The monoisotopic (exact) mass is 412 g/mol. The van der Waals surface area contributed by atoms with Gasteiger partial charge in [0.05, 0.1) is 18.0 Å². The SMILES string of the molecule is CCOc1ccccc1CNC(=O)CN(C)S(=O)(=O)c1ccc2ccccc2c1. The Labute approximate surface area is 171 Å². The molecule has 0 fully saturated rings. The quantitative estimate of drug-likeness (QED) is 0.617. The fraction of sp³-hybridized carbons (Fsp3) is 0.227. The van der Waals surface area contributed by atoms with E-state index in [1.165, 1.54) is 7.05 Å². The second-order valence-electron chi connectivity index (χ2n) is 6.59. The molecule has 0 saturated heterocycles. The highest BCUT2D eigenvalue weighted by Crippen LogP contribution is 2.21. The van der Waals surface area contributed by atoms with Crippen molar-refractivity contribution in [3.05, 3.63) is 72.3 Å². The van der Waals surface area contributed by atoms with Crippen LogP contribution in [0.1, 0.15) is 12.5 Å². The van der Waals surface area contributed by atoms with Crippen LogP contribution in [0.5, 0.6) is 5.75 Å². The van der Waals surface area contributed by atoms with Gasteiger partial charge in [0.25, 0.3) is 0 Å². The lowest BCUT2D eigenvalue weighted by atomic mass is 10.1. The van der Waals surface area contributed by atoms with Gasteiger partial charge in [-0.25, -0.2) is 8.42 Å². The Morgan fingerprint density at radius 2 is 1.69 bits per heavy atom. The molecule has 0 spiro atoms. The number of carbonyl (C=O) groups is 1. The average Bonchev–Trinajstić information content (AvgIpc) is 2.73. The van der Waals surface area contributed by atoms with Gasteiger partial charge < -0.3 is 10.1 Å². The topological polar surface area (TPSA) is 75.7 Å². The molecule has 0 heterocycles. The Balaban J connectivity index is 1.66. The van der Waals surface area contributed by atoms with E-state index in [4.69, 9.17) is 4.74 Å². The van der Waals surface area contributed by atoms with Gasteiger partial charge in [-0.1, -0.05) is 48.5 Å². The molecule has 0 aliphatic rings. The van der Waals surface area contributed by atoms with Crippen LogP contribution >= 0.6 is 0 Å². The van der Waals surface area contributed by atoms with Gasteiger partial charge >= 0.3 is 0 Å². The van der Waals surface area contributed by atoms with Crippen LogP contribution in [-0.2, 0) is 21.4 Å². The zero-order chi connectivity index (χ0) is 20.9. The molecule has 0 atom stereocenters. The molecular weight excluding hydrogens is 388 g/mol. The van der Waals surface area contributed by atoms with E-state index in [9.17, 15) is 13.2 Å². The number of likely N-dealkylation sites (N-methyl/N-ethyl adjacent to an activating group) is 1. The Morgan fingerprint density at radius 3 is 2.45 bits per heavy atom. The Bertz CT molecular complexity index is 1110. The van der Waals surface area contributed by atoms with Crippen molar-refractivity contribution >= 4 is 26.7 Å². The van der Waals surface area contributed by atoms with Gasteiger partial charge in [0.1, 0.15) is 5.75 Å². The van der Waals surface area contributed by atoms with Crippen LogP contribution < -0.4 is 10.1 Å². The molecule has 0 radical (unpaired) electrons. The lowest BCUT2D eigenvalue weighted by Gasteiger charge is -2.17. The number of nitrogens with zero attached hydrogens (tertiary/aromatic N) is 1. The summed E-state index contributed by atoms with van der Waals surface area (Å²) < 4.78 is 32.3. The van der Waals surface area contributed by atoms with Gasteiger partial charge in [0.15, 0.2) is 0 Å². The lowest BCUT2D eigenvalue weighted by molar-refractivity contribution is -0.121. The summed E-state index contributed by atoms with van der Waals surface area (Å²) in [6.07, 6.45) is 0. The number of para-hydroxylation sites is 1. The molecule has 7 heteroatoms. The van der Waals surface area contributed by atoms with E-state index >= 15 is 0 Å². The van der Waals surface area contributed by atoms with Gasteiger partial charge in [-0.05, 0) is 35.9 Å². The molecule has 29 heavy (non-hydrogen) atoms. The predicted molar refractivity (Wildman–Crippen MR) is 113 cm³/mol. The van der Waals surface area contributed by atoms with Crippen LogP contribution in [0.3, 0.4) is 0 Å². The number of hydrogen-bond donors (Lipinski definition) is 1. The molecule has 3 aromatic carbocycles. The first kappa shape index (κ1) is 20.8. The van der Waals surface area contributed by atoms with Crippen molar-refractivity contribution in [2.24, 2.45) is 0 Å². The molecule has 0 unspecified atom stereocenters. The van der Waals surface area contributed by atoms with Crippen LogP contribution in [0, 0.1) is 0 Å². The first-order chi connectivity index (χ1) is 13.9. The maximum absolute atomic E-state index is 12.9. The third kappa shape index (κ3) is 4.93. The van der Waals surface area contributed by atoms with E-state index in [0.29, 0.717) is 12.4 Å². The van der Waals surface area contributed by atoms with Gasteiger partial charge in [-0.2, -0.15) is 4.31 Å². The van der Waals surface area contributed by atoms with Crippen molar-refractivity contribution in [3.8, 4) is 5.75 Å². The molecule has 0 saturated carbocycles. The van der Waals surface area contributed by atoms with Crippen LogP contribution in [-0.4, -0.2) is 38.8 Å². The standard InChI is InChI=1S/C22H24N2O4S/c1-3-28-21-11-7-6-10-19(21)15-23-22(25)16-24(2)29(26,27)20-13-12-17-8-4-5-9-18(17)14-20/h4-14H,3,15-16H2,1-2H3,(H,23,25). The molecule has 3 aromatic rings. The number of amides is 1. The molecule has 0 aliphatic heterocycles. The summed E-state index contributed by atoms with van der Waals surface area (Å²) in [4.78, 5) is 12.5. The summed E-state index contributed by atoms with van der Waals surface area (Å²) >= 11 is 0. The fourth-order valence-corrected chi connectivity index (χ4v) is 4.15. The minimum atomic E-state index is -3.78. The molecule has 152 valence electrons. The van der Waals surface area contributed by atoms with Gasteiger partial charge in [0.2, 0.25) is 15.9 Å². The number of sulfonamides is 1. The number of carbonyl (C=O) groups excluding carboxylic acids is 1. The summed E-state index contributed by atoms with van der Waals surface area (Å²) in [6, 6.07) is 19.9.